The topological polar surface area (TPSA) is 26.3 Å². The van der Waals surface area contributed by atoms with Gasteiger partial charge in [0.25, 0.3) is 0 Å². The van der Waals surface area contributed by atoms with Crippen LogP contribution >= 0.6 is 7.26 Å². The molecule has 0 radical (unpaired) electrons. The van der Waals surface area contributed by atoms with Crippen molar-refractivity contribution in [2.75, 3.05) is 13.2 Å². The van der Waals surface area contributed by atoms with E-state index in [1.807, 2.05) is 25.1 Å². The zero-order valence-electron chi connectivity index (χ0n) is 15.0. The van der Waals surface area contributed by atoms with Crippen molar-refractivity contribution in [3.63, 3.8) is 0 Å². The van der Waals surface area contributed by atoms with Gasteiger partial charge in [-0.05, 0) is 43.3 Å². The van der Waals surface area contributed by atoms with E-state index in [0.29, 0.717) is 13.2 Å². The highest BCUT2D eigenvalue weighted by Crippen LogP contribution is 2.59. The van der Waals surface area contributed by atoms with Crippen molar-refractivity contribution < 1.29 is 9.53 Å². The number of aldehydes is 1. The maximum absolute atomic E-state index is 12.3. The molecule has 0 fully saturated rings. The molecule has 1 unspecified atom stereocenters. The lowest BCUT2D eigenvalue weighted by Crippen LogP contribution is -2.41. The van der Waals surface area contributed by atoms with Gasteiger partial charge >= 0.3 is 0 Å². The van der Waals surface area contributed by atoms with Crippen molar-refractivity contribution in [3.05, 3.63) is 91.0 Å². The second-order valence-electron chi connectivity index (χ2n) is 6.09. The molecule has 3 aromatic rings. The molecule has 0 amide bonds. The normalized spacial score (nSPS) is 12.5. The Morgan fingerprint density at radius 1 is 0.769 bits per heavy atom. The van der Waals surface area contributed by atoms with Crippen LogP contribution in [0.4, 0.5) is 0 Å². The minimum absolute atomic E-state index is 0.227. The summed E-state index contributed by atoms with van der Waals surface area (Å²) in [6.45, 7) is 2.99. The molecule has 2 nitrogen and oxygen atoms in total. The van der Waals surface area contributed by atoms with Gasteiger partial charge in [0.15, 0.2) is 11.9 Å². The minimum Gasteiger partial charge on any atom is -0.377 e. The number of hydrogen-bond donors (Lipinski definition) is 0. The van der Waals surface area contributed by atoms with Crippen LogP contribution in [-0.2, 0) is 9.53 Å². The van der Waals surface area contributed by atoms with Crippen LogP contribution < -0.4 is 15.9 Å². The van der Waals surface area contributed by atoms with Gasteiger partial charge in [0, 0.05) is 6.61 Å². The Labute approximate surface area is 156 Å². The molecule has 3 aromatic carbocycles. The highest BCUT2D eigenvalue weighted by atomic mass is 31.2. The van der Waals surface area contributed by atoms with Crippen LogP contribution in [0.1, 0.15) is 6.92 Å². The van der Waals surface area contributed by atoms with Crippen molar-refractivity contribution in [2.24, 2.45) is 0 Å². The number of rotatable bonds is 8. The van der Waals surface area contributed by atoms with E-state index in [-0.39, 0.29) is 5.66 Å². The van der Waals surface area contributed by atoms with E-state index in [4.69, 9.17) is 4.74 Å². The van der Waals surface area contributed by atoms with Crippen LogP contribution in [0.25, 0.3) is 0 Å². The summed E-state index contributed by atoms with van der Waals surface area (Å²) < 4.78 is 5.75. The third-order valence-electron chi connectivity index (χ3n) is 4.64. The summed E-state index contributed by atoms with van der Waals surface area (Å²) in [5.41, 5.74) is -0.227. The van der Waals surface area contributed by atoms with Crippen LogP contribution in [0.2, 0.25) is 0 Å². The Morgan fingerprint density at radius 3 is 1.46 bits per heavy atom. The van der Waals surface area contributed by atoms with Crippen LogP contribution in [-0.4, -0.2) is 25.2 Å². The summed E-state index contributed by atoms with van der Waals surface area (Å²) in [6, 6.07) is 31.3. The van der Waals surface area contributed by atoms with Crippen LogP contribution in [0.3, 0.4) is 0 Å². The van der Waals surface area contributed by atoms with E-state index < -0.39 is 7.26 Å². The predicted octanol–water partition coefficient (Wildman–Crippen LogP) is 3.58. The first-order valence-electron chi connectivity index (χ1n) is 8.92. The molecule has 0 saturated carbocycles. The molecule has 0 bridgehead atoms. The number of benzene rings is 3. The Kier molecular flexibility index (Phi) is 6.33. The first-order chi connectivity index (χ1) is 12.8. The molecular formula is C23H24O2P+. The Bertz CT molecular complexity index is 707. The quantitative estimate of drug-likeness (QED) is 0.452. The molecule has 0 N–H and O–H groups in total. The van der Waals surface area contributed by atoms with E-state index in [0.717, 1.165) is 6.29 Å². The SMILES string of the molecule is CCOCC(C=O)[P+](c1ccccc1)(c1ccccc1)c1ccccc1. The Balaban J connectivity index is 2.33. The van der Waals surface area contributed by atoms with Crippen molar-refractivity contribution >= 4 is 29.5 Å². The predicted molar refractivity (Wildman–Crippen MR) is 111 cm³/mol. The van der Waals surface area contributed by atoms with Gasteiger partial charge in [0.1, 0.15) is 23.2 Å². The third kappa shape index (κ3) is 3.49. The molecule has 0 spiro atoms. The maximum atomic E-state index is 12.3. The number of carbonyl (C=O) groups excluding carboxylic acids is 1. The lowest BCUT2D eigenvalue weighted by molar-refractivity contribution is -0.108. The monoisotopic (exact) mass is 363 g/mol. The average molecular weight is 363 g/mol. The van der Waals surface area contributed by atoms with Crippen LogP contribution in [0.15, 0.2) is 91.0 Å². The van der Waals surface area contributed by atoms with Crippen LogP contribution in [0.5, 0.6) is 0 Å². The molecule has 0 heterocycles. The Hall–Kier alpha value is -2.28. The van der Waals surface area contributed by atoms with Crippen molar-refractivity contribution in [3.8, 4) is 0 Å². The molecule has 0 aliphatic carbocycles. The van der Waals surface area contributed by atoms with Gasteiger partial charge in [0.05, 0.1) is 6.61 Å². The van der Waals surface area contributed by atoms with Crippen molar-refractivity contribution in [1.82, 2.24) is 0 Å². The zero-order chi connectivity index (χ0) is 18.2. The molecule has 0 aromatic heterocycles. The van der Waals surface area contributed by atoms with Crippen LogP contribution in [0, 0.1) is 0 Å². The van der Waals surface area contributed by atoms with E-state index in [1.165, 1.54) is 15.9 Å². The number of carbonyl (C=O) groups is 1. The second kappa shape index (κ2) is 8.89. The van der Waals surface area contributed by atoms with E-state index in [2.05, 4.69) is 72.8 Å². The van der Waals surface area contributed by atoms with Gasteiger partial charge in [-0.1, -0.05) is 54.6 Å². The molecule has 0 aliphatic rings. The van der Waals surface area contributed by atoms with E-state index in [9.17, 15) is 4.79 Å². The largest absolute Gasteiger partial charge is 0.377 e. The van der Waals surface area contributed by atoms with Gasteiger partial charge in [-0.15, -0.1) is 0 Å². The highest BCUT2D eigenvalue weighted by molar-refractivity contribution is 7.96. The first-order valence-corrected chi connectivity index (χ1v) is 10.8. The average Bonchev–Trinajstić information content (AvgIpc) is 2.73. The zero-order valence-corrected chi connectivity index (χ0v) is 15.9. The van der Waals surface area contributed by atoms with E-state index in [1.54, 1.807) is 0 Å². The first kappa shape index (κ1) is 18.5. The standard InChI is InChI=1S/C23H24O2P/c1-2-25-19-23(18-24)26(20-12-6-3-7-13-20,21-14-8-4-9-15-21)22-16-10-5-11-17-22/h3-18,23H,2,19H2,1H3/q+1. The maximum Gasteiger partial charge on any atom is 0.163 e. The molecule has 0 aliphatic heterocycles. The summed E-state index contributed by atoms with van der Waals surface area (Å²) in [6.07, 6.45) is 1.09. The molecular weight excluding hydrogens is 339 g/mol. The number of hydrogen-bond acceptors (Lipinski definition) is 2. The van der Waals surface area contributed by atoms with E-state index >= 15 is 0 Å². The second-order valence-corrected chi connectivity index (χ2v) is 9.75. The van der Waals surface area contributed by atoms with Gasteiger partial charge in [-0.3, -0.25) is 4.79 Å². The molecule has 3 heteroatoms. The smallest absolute Gasteiger partial charge is 0.163 e. The van der Waals surface area contributed by atoms with Crippen molar-refractivity contribution in [2.45, 2.75) is 12.6 Å². The lowest BCUT2D eigenvalue weighted by Gasteiger charge is -2.31. The summed E-state index contributed by atoms with van der Waals surface area (Å²) in [5, 5.41) is 3.61. The Morgan fingerprint density at radius 2 is 1.15 bits per heavy atom. The van der Waals surface area contributed by atoms with Crippen molar-refractivity contribution in [1.29, 1.82) is 0 Å². The molecule has 3 rings (SSSR count). The molecule has 132 valence electrons. The summed E-state index contributed by atoms with van der Waals surface area (Å²) >= 11 is 0. The fraction of sp³-hybridized carbons (Fsp3) is 0.174. The van der Waals surface area contributed by atoms with Gasteiger partial charge in [0.2, 0.25) is 0 Å². The van der Waals surface area contributed by atoms with Gasteiger partial charge in [-0.25, -0.2) is 0 Å². The fourth-order valence-electron chi connectivity index (χ4n) is 3.49. The summed E-state index contributed by atoms with van der Waals surface area (Å²) in [7, 11) is -2.19. The third-order valence-corrected chi connectivity index (χ3v) is 9.24. The minimum atomic E-state index is -2.19. The molecule has 0 saturated heterocycles. The summed E-state index contributed by atoms with van der Waals surface area (Å²) in [5.74, 6) is 0. The van der Waals surface area contributed by atoms with Gasteiger partial charge < -0.3 is 4.74 Å². The number of ether oxygens (including phenoxy) is 1. The highest BCUT2D eigenvalue weighted by Gasteiger charge is 2.52. The molecule has 26 heavy (non-hydrogen) atoms. The van der Waals surface area contributed by atoms with Gasteiger partial charge in [-0.2, -0.15) is 0 Å². The summed E-state index contributed by atoms with van der Waals surface area (Å²) in [4.78, 5) is 12.3. The molecule has 1 atom stereocenters. The lowest BCUT2D eigenvalue weighted by atomic mass is 10.3. The fourth-order valence-corrected chi connectivity index (χ4v) is 7.97.